The van der Waals surface area contributed by atoms with E-state index in [4.69, 9.17) is 0 Å². The van der Waals surface area contributed by atoms with Crippen molar-refractivity contribution in [3.63, 3.8) is 0 Å². The van der Waals surface area contributed by atoms with Crippen LogP contribution in [0.25, 0.3) is 0 Å². The van der Waals surface area contributed by atoms with E-state index in [-0.39, 0.29) is 0 Å². The van der Waals surface area contributed by atoms with Crippen LogP contribution in [0.5, 0.6) is 0 Å². The number of nitrogens with zero attached hydrogens (tertiary/aromatic N) is 1. The van der Waals surface area contributed by atoms with Crippen molar-refractivity contribution in [2.75, 3.05) is 0 Å². The Morgan fingerprint density at radius 2 is 2.11 bits per heavy atom. The molecule has 0 amide bonds. The molecule has 0 fully saturated rings. The van der Waals surface area contributed by atoms with E-state index in [1.807, 2.05) is 14.0 Å². The molecule has 1 nitrogen and oxygen atoms in total. The van der Waals surface area contributed by atoms with Crippen molar-refractivity contribution in [2.45, 2.75) is 0 Å². The van der Waals surface area contributed by atoms with Crippen molar-refractivity contribution in [1.29, 1.82) is 0 Å². The van der Waals surface area contributed by atoms with Crippen molar-refractivity contribution in [2.24, 2.45) is 0 Å². The molecule has 0 N–H and O–H groups in total. The van der Waals surface area contributed by atoms with Gasteiger partial charge in [-0.3, -0.25) is 4.98 Å². The minimum atomic E-state index is 1.08. The molecular formula is C5H8BNP2. The van der Waals surface area contributed by atoms with E-state index in [2.05, 4.69) is 29.5 Å². The van der Waals surface area contributed by atoms with Crippen molar-refractivity contribution in [1.82, 2.24) is 4.98 Å². The van der Waals surface area contributed by atoms with Gasteiger partial charge in [-0.2, -0.15) is 0 Å². The van der Waals surface area contributed by atoms with Gasteiger partial charge in [-0.25, -0.2) is 0 Å². The summed E-state index contributed by atoms with van der Waals surface area (Å²) in [6.07, 6.45) is 1.84. The van der Waals surface area contributed by atoms with Gasteiger partial charge in [0.2, 0.25) is 0 Å². The van der Waals surface area contributed by atoms with Crippen molar-refractivity contribution in [3.05, 3.63) is 12.3 Å². The molecule has 1 rings (SSSR count). The number of hydrogen-bond acceptors (Lipinski definition) is 1. The first-order valence-electron chi connectivity index (χ1n) is 2.68. The van der Waals surface area contributed by atoms with Gasteiger partial charge in [0.1, 0.15) is 0 Å². The Kier molecular flexibility index (Phi) is 2.21. The number of pyridine rings is 1. The van der Waals surface area contributed by atoms with E-state index >= 15 is 0 Å². The molecule has 0 aliphatic carbocycles. The van der Waals surface area contributed by atoms with Crippen LogP contribution in [0.3, 0.4) is 0 Å². The van der Waals surface area contributed by atoms with E-state index in [0.717, 1.165) is 10.9 Å². The molecular weight excluding hydrogens is 147 g/mol. The van der Waals surface area contributed by atoms with Crippen LogP contribution in [0.2, 0.25) is 0 Å². The Bertz CT molecular complexity index is 226. The van der Waals surface area contributed by atoms with Crippen LogP contribution in [-0.2, 0) is 0 Å². The van der Waals surface area contributed by atoms with Gasteiger partial charge in [-0.15, -0.1) is 18.5 Å². The summed E-state index contributed by atoms with van der Waals surface area (Å²) in [5.41, 5.74) is 1.08. The number of rotatable bonds is 0. The number of aromatic nitrogens is 1. The van der Waals surface area contributed by atoms with Crippen LogP contribution >= 0.6 is 18.5 Å². The molecule has 0 saturated carbocycles. The summed E-state index contributed by atoms with van der Waals surface area (Å²) >= 11 is 0. The molecule has 1 aromatic heterocycles. The van der Waals surface area contributed by atoms with Gasteiger partial charge in [0.05, 0.1) is 0 Å². The summed E-state index contributed by atoms with van der Waals surface area (Å²) in [5.74, 6) is 0. The molecule has 1 aromatic rings. The fourth-order valence-electron chi connectivity index (χ4n) is 0.567. The fourth-order valence-corrected chi connectivity index (χ4v) is 1.28. The zero-order valence-corrected chi connectivity index (χ0v) is 7.57. The molecule has 46 valence electrons. The molecule has 0 spiro atoms. The average Bonchev–Trinajstić information content (AvgIpc) is 1.80. The molecule has 0 bridgehead atoms. The second-order valence-electron chi connectivity index (χ2n) is 1.94. The van der Waals surface area contributed by atoms with Crippen LogP contribution in [0.15, 0.2) is 12.3 Å². The molecule has 4 heteroatoms. The summed E-state index contributed by atoms with van der Waals surface area (Å²) in [6, 6.07) is 2.07. The summed E-state index contributed by atoms with van der Waals surface area (Å²) < 4.78 is 0. The van der Waals surface area contributed by atoms with Gasteiger partial charge >= 0.3 is 0 Å². The normalized spacial score (nSPS) is 9.56. The van der Waals surface area contributed by atoms with E-state index < -0.39 is 0 Å². The highest BCUT2D eigenvalue weighted by Crippen LogP contribution is 1.84. The lowest BCUT2D eigenvalue weighted by atomic mass is 10.0. The Labute approximate surface area is 60.5 Å². The highest BCUT2D eigenvalue weighted by Gasteiger charge is 1.90. The fraction of sp³-hybridized carbons (Fsp3) is 0. The second-order valence-corrected chi connectivity index (χ2v) is 3.23. The topological polar surface area (TPSA) is 12.9 Å². The van der Waals surface area contributed by atoms with Crippen LogP contribution in [0.4, 0.5) is 0 Å². The zero-order valence-electron chi connectivity index (χ0n) is 5.26. The lowest BCUT2D eigenvalue weighted by Gasteiger charge is -1.97. The molecule has 2 unspecified atom stereocenters. The van der Waals surface area contributed by atoms with Crippen LogP contribution in [-0.4, -0.2) is 12.8 Å². The smallest absolute Gasteiger partial charge is 0.164 e. The SMILES string of the molecule is Bc1ncc(P)cc1P. The molecule has 9 heavy (non-hydrogen) atoms. The van der Waals surface area contributed by atoms with Crippen molar-refractivity contribution < 1.29 is 0 Å². The summed E-state index contributed by atoms with van der Waals surface area (Å²) in [7, 11) is 7.25. The Morgan fingerprint density at radius 1 is 1.44 bits per heavy atom. The molecule has 0 aliphatic heterocycles. The van der Waals surface area contributed by atoms with Crippen LogP contribution < -0.4 is 16.2 Å². The maximum absolute atomic E-state index is 4.14. The first-order valence-corrected chi connectivity index (χ1v) is 3.83. The molecule has 0 aromatic carbocycles. The highest BCUT2D eigenvalue weighted by atomic mass is 31.0. The third-order valence-electron chi connectivity index (χ3n) is 1.15. The van der Waals surface area contributed by atoms with Gasteiger partial charge in [0.25, 0.3) is 0 Å². The lowest BCUT2D eigenvalue weighted by molar-refractivity contribution is 1.43. The first kappa shape index (κ1) is 7.19. The summed E-state index contributed by atoms with van der Waals surface area (Å²) in [5, 5.41) is 2.30. The van der Waals surface area contributed by atoms with Gasteiger partial charge < -0.3 is 0 Å². The third-order valence-corrected chi connectivity index (χ3v) is 2.05. The Morgan fingerprint density at radius 3 is 2.56 bits per heavy atom. The van der Waals surface area contributed by atoms with E-state index in [1.54, 1.807) is 0 Å². The number of hydrogen-bond donors (Lipinski definition) is 0. The third kappa shape index (κ3) is 1.74. The standard InChI is InChI=1S/C5H8BNP2/c6-5-4(9)1-3(8)2-7-5/h1-2H,6,8-9H2. The van der Waals surface area contributed by atoms with Gasteiger partial charge in [0.15, 0.2) is 7.85 Å². The van der Waals surface area contributed by atoms with Crippen LogP contribution in [0.1, 0.15) is 0 Å². The zero-order chi connectivity index (χ0) is 6.85. The van der Waals surface area contributed by atoms with Crippen molar-refractivity contribution in [3.8, 4) is 0 Å². The van der Waals surface area contributed by atoms with E-state index in [9.17, 15) is 0 Å². The minimum Gasteiger partial charge on any atom is -0.271 e. The maximum Gasteiger partial charge on any atom is 0.164 e. The van der Waals surface area contributed by atoms with Crippen molar-refractivity contribution >= 4 is 42.5 Å². The lowest BCUT2D eigenvalue weighted by Crippen LogP contribution is -2.25. The van der Waals surface area contributed by atoms with Gasteiger partial charge in [-0.05, 0) is 16.7 Å². The predicted octanol–water partition coefficient (Wildman–Crippen LogP) is -1.66. The molecule has 0 aliphatic rings. The Hall–Kier alpha value is 0.0749. The van der Waals surface area contributed by atoms with Crippen LogP contribution in [0, 0.1) is 0 Å². The largest absolute Gasteiger partial charge is 0.271 e. The molecule has 2 atom stereocenters. The summed E-state index contributed by atoms with van der Waals surface area (Å²) in [4.78, 5) is 4.14. The second kappa shape index (κ2) is 2.77. The average molecular weight is 155 g/mol. The van der Waals surface area contributed by atoms with E-state index in [1.165, 1.54) is 5.30 Å². The molecule has 0 saturated heterocycles. The van der Waals surface area contributed by atoms with E-state index in [0.29, 0.717) is 0 Å². The monoisotopic (exact) mass is 155 g/mol. The minimum absolute atomic E-state index is 1.08. The van der Waals surface area contributed by atoms with Gasteiger partial charge in [0, 0.05) is 11.8 Å². The molecule has 1 heterocycles. The highest BCUT2D eigenvalue weighted by molar-refractivity contribution is 7.30. The predicted molar refractivity (Wildman–Crippen MR) is 51.1 cm³/mol. The molecule has 0 radical (unpaired) electrons. The Balaban J connectivity index is 3.17. The maximum atomic E-state index is 4.14. The summed E-state index contributed by atoms with van der Waals surface area (Å²) in [6.45, 7) is 0. The van der Waals surface area contributed by atoms with Gasteiger partial charge in [-0.1, -0.05) is 0 Å². The first-order chi connectivity index (χ1) is 4.20. The quantitative estimate of drug-likeness (QED) is 0.322.